The van der Waals surface area contributed by atoms with Gasteiger partial charge in [-0.25, -0.2) is 0 Å². The predicted octanol–water partition coefficient (Wildman–Crippen LogP) is 3.09. The summed E-state index contributed by atoms with van der Waals surface area (Å²) in [5, 5.41) is 0. The average molecular weight is 334 g/mol. The van der Waals surface area contributed by atoms with Crippen molar-refractivity contribution in [2.75, 3.05) is 14.2 Å². The number of alkyl halides is 6. The Labute approximate surface area is 121 Å². The van der Waals surface area contributed by atoms with E-state index in [2.05, 4.69) is 9.47 Å². The zero-order valence-electron chi connectivity index (χ0n) is 11.5. The summed E-state index contributed by atoms with van der Waals surface area (Å²) in [5.41, 5.74) is 0. The lowest BCUT2D eigenvalue weighted by atomic mass is 10.1. The van der Waals surface area contributed by atoms with Gasteiger partial charge >= 0.3 is 12.4 Å². The van der Waals surface area contributed by atoms with Crippen LogP contribution in [0.15, 0.2) is 23.7 Å². The van der Waals surface area contributed by atoms with E-state index in [4.69, 9.17) is 0 Å². The van der Waals surface area contributed by atoms with Crippen LogP contribution in [0.4, 0.5) is 26.3 Å². The lowest BCUT2D eigenvalue weighted by Gasteiger charge is -2.10. The van der Waals surface area contributed by atoms with E-state index in [0.29, 0.717) is 0 Å². The van der Waals surface area contributed by atoms with Gasteiger partial charge in [-0.2, -0.15) is 26.3 Å². The van der Waals surface area contributed by atoms with Crippen molar-refractivity contribution in [1.29, 1.82) is 0 Å². The molecule has 0 saturated carbocycles. The van der Waals surface area contributed by atoms with Crippen LogP contribution in [0.3, 0.4) is 0 Å². The molecule has 0 aromatic heterocycles. The monoisotopic (exact) mass is 334 g/mol. The van der Waals surface area contributed by atoms with E-state index < -0.39 is 35.4 Å². The molecule has 0 aromatic carbocycles. The topological polar surface area (TPSA) is 52.6 Å². The van der Waals surface area contributed by atoms with Crippen LogP contribution in [0.2, 0.25) is 0 Å². The molecule has 0 aliphatic heterocycles. The van der Waals surface area contributed by atoms with Crippen molar-refractivity contribution in [3.8, 4) is 0 Å². The summed E-state index contributed by atoms with van der Waals surface area (Å²) in [6.07, 6.45) is -10.5. The largest absolute Gasteiger partial charge is 0.501 e. The van der Waals surface area contributed by atoms with Gasteiger partial charge in [-0.15, -0.1) is 0 Å². The van der Waals surface area contributed by atoms with E-state index in [0.717, 1.165) is 14.2 Å². The molecule has 0 aromatic rings. The molecule has 0 saturated heterocycles. The first-order valence-corrected chi connectivity index (χ1v) is 5.63. The quantitative estimate of drug-likeness (QED) is 0.408. The predicted molar refractivity (Wildman–Crippen MR) is 61.5 cm³/mol. The van der Waals surface area contributed by atoms with Crippen molar-refractivity contribution in [3.05, 3.63) is 23.7 Å². The van der Waals surface area contributed by atoms with Crippen LogP contribution >= 0.6 is 0 Å². The van der Waals surface area contributed by atoms with Crippen LogP contribution < -0.4 is 0 Å². The van der Waals surface area contributed by atoms with Crippen molar-refractivity contribution in [2.45, 2.75) is 25.2 Å². The van der Waals surface area contributed by atoms with Gasteiger partial charge in [0.05, 0.1) is 25.7 Å². The second kappa shape index (κ2) is 7.85. The Kier molecular flexibility index (Phi) is 7.14. The Morgan fingerprint density at radius 1 is 0.773 bits per heavy atom. The van der Waals surface area contributed by atoms with Crippen LogP contribution in [0, 0.1) is 0 Å². The number of ether oxygens (including phenoxy) is 2. The molecule has 10 heteroatoms. The minimum absolute atomic E-state index is 0.179. The molecule has 0 bridgehead atoms. The van der Waals surface area contributed by atoms with Gasteiger partial charge in [-0.1, -0.05) is 0 Å². The summed E-state index contributed by atoms with van der Waals surface area (Å²) in [6.45, 7) is 0. The average Bonchev–Trinajstić information content (AvgIpc) is 2.38. The highest BCUT2D eigenvalue weighted by Gasteiger charge is 2.38. The minimum Gasteiger partial charge on any atom is -0.501 e. The molecule has 0 atom stereocenters. The summed E-state index contributed by atoms with van der Waals surface area (Å²) in [5.74, 6) is -5.16. The second-order valence-corrected chi connectivity index (χ2v) is 3.85. The number of ketones is 2. The van der Waals surface area contributed by atoms with Gasteiger partial charge in [0, 0.05) is 25.0 Å². The molecule has 0 aliphatic carbocycles. The molecule has 4 nitrogen and oxygen atoms in total. The molecule has 22 heavy (non-hydrogen) atoms. The first-order valence-electron chi connectivity index (χ1n) is 5.63. The number of hydrogen-bond acceptors (Lipinski definition) is 4. The normalized spacial score (nSPS) is 13.8. The number of allylic oxidation sites excluding steroid dienone is 4. The zero-order valence-corrected chi connectivity index (χ0v) is 11.5. The first-order chi connectivity index (χ1) is 9.91. The molecule has 0 spiro atoms. The Morgan fingerprint density at radius 2 is 1.05 bits per heavy atom. The smallest absolute Gasteiger partial charge is 0.454 e. The number of hydrogen-bond donors (Lipinski definition) is 0. The van der Waals surface area contributed by atoms with Crippen LogP contribution in [-0.4, -0.2) is 38.1 Å². The number of halogens is 6. The van der Waals surface area contributed by atoms with Crippen molar-refractivity contribution < 1.29 is 45.4 Å². The van der Waals surface area contributed by atoms with Gasteiger partial charge in [-0.3, -0.25) is 9.59 Å². The molecule has 0 N–H and O–H groups in total. The van der Waals surface area contributed by atoms with E-state index >= 15 is 0 Å². The van der Waals surface area contributed by atoms with E-state index in [1.165, 1.54) is 0 Å². The molecule has 0 unspecified atom stereocenters. The van der Waals surface area contributed by atoms with Gasteiger partial charge < -0.3 is 9.47 Å². The zero-order chi connectivity index (χ0) is 17.6. The molecule has 0 amide bonds. The van der Waals surface area contributed by atoms with Gasteiger partial charge in [0.1, 0.15) is 0 Å². The number of methoxy groups -OCH3 is 2. The molecule has 0 heterocycles. The van der Waals surface area contributed by atoms with Crippen LogP contribution in [-0.2, 0) is 19.1 Å². The second-order valence-electron chi connectivity index (χ2n) is 3.85. The third-order valence-corrected chi connectivity index (χ3v) is 2.29. The summed E-state index contributed by atoms with van der Waals surface area (Å²) in [4.78, 5) is 21.5. The molecule has 126 valence electrons. The van der Waals surface area contributed by atoms with E-state index in [1.54, 1.807) is 0 Å². The Morgan fingerprint density at radius 3 is 1.23 bits per heavy atom. The van der Waals surface area contributed by atoms with Crippen LogP contribution in [0.1, 0.15) is 12.8 Å². The molecular formula is C12H12F6O4. The van der Waals surface area contributed by atoms with Crippen LogP contribution in [0.5, 0.6) is 0 Å². The lowest BCUT2D eigenvalue weighted by Crippen LogP contribution is -2.21. The first kappa shape index (κ1) is 20.0. The molecular weight excluding hydrogens is 322 g/mol. The third kappa shape index (κ3) is 7.14. The summed E-state index contributed by atoms with van der Waals surface area (Å²) in [6, 6.07) is 0. The Hall–Kier alpha value is -2.00. The highest BCUT2D eigenvalue weighted by Crippen LogP contribution is 2.22. The number of carbonyl (C=O) groups excluding carboxylic acids is 2. The summed E-state index contributed by atoms with van der Waals surface area (Å²) in [7, 11) is 1.99. The van der Waals surface area contributed by atoms with Gasteiger partial charge in [0.25, 0.3) is 11.6 Å². The highest BCUT2D eigenvalue weighted by molar-refractivity contribution is 5.95. The molecule has 0 aliphatic rings. The molecule has 0 radical (unpaired) electrons. The van der Waals surface area contributed by atoms with Crippen molar-refractivity contribution in [1.82, 2.24) is 0 Å². The van der Waals surface area contributed by atoms with E-state index in [-0.39, 0.29) is 25.0 Å². The number of rotatable bonds is 7. The van der Waals surface area contributed by atoms with Gasteiger partial charge in [0.15, 0.2) is 0 Å². The van der Waals surface area contributed by atoms with Gasteiger partial charge in [-0.05, 0) is 0 Å². The third-order valence-electron chi connectivity index (χ3n) is 2.29. The van der Waals surface area contributed by atoms with Crippen molar-refractivity contribution in [2.24, 2.45) is 0 Å². The number of carbonyl (C=O) groups is 2. The molecule has 0 rings (SSSR count). The van der Waals surface area contributed by atoms with Gasteiger partial charge in [0.2, 0.25) is 0 Å². The maximum Gasteiger partial charge on any atom is 0.454 e. The van der Waals surface area contributed by atoms with Crippen molar-refractivity contribution in [3.63, 3.8) is 0 Å². The fraction of sp³-hybridized carbons (Fsp3) is 0.500. The summed E-state index contributed by atoms with van der Waals surface area (Å²) >= 11 is 0. The maximum atomic E-state index is 12.1. The van der Waals surface area contributed by atoms with Crippen LogP contribution in [0.25, 0.3) is 0 Å². The summed E-state index contributed by atoms with van der Waals surface area (Å²) < 4.78 is 81.4. The lowest BCUT2D eigenvalue weighted by molar-refractivity contribution is -0.165. The highest BCUT2D eigenvalue weighted by atomic mass is 19.4. The van der Waals surface area contributed by atoms with Crippen molar-refractivity contribution >= 4 is 11.6 Å². The fourth-order valence-electron chi connectivity index (χ4n) is 1.17. The minimum atomic E-state index is -5.09. The molecule has 0 fully saturated rings. The standard InChI is InChI=1S/C12H12F6O4/c1-21-7(5-9(19)11(13,14)15)3-4-8(22-2)6-10(20)12(16,17)18/h5-6H,3-4H2,1-2H3/b7-5-,8-6-. The Bertz CT molecular complexity index is 429. The maximum absolute atomic E-state index is 12.1. The fourth-order valence-corrected chi connectivity index (χ4v) is 1.17. The van der Waals surface area contributed by atoms with E-state index in [1.807, 2.05) is 0 Å². The SMILES string of the molecule is CO/C(=C\C(=O)C(F)(F)F)CC/C(=C/C(=O)C(F)(F)F)OC. The van der Waals surface area contributed by atoms with E-state index in [9.17, 15) is 35.9 Å². The Balaban J connectivity index is 4.93.